The standard InChI is InChI=1S/C45H29N3/c1-2-12-33(13-3-1)43-46-44(34-23-21-32(22-24-34)40-18-8-15-31-11-6-7-17-39(31)40)48-45(47-43)42-19-9-16-38-29-37(26-27-41(38)42)36-25-20-30-10-4-5-14-35(30)28-36/h1-29H. The van der Waals surface area contributed by atoms with Gasteiger partial charge in [0.15, 0.2) is 17.5 Å². The highest BCUT2D eigenvalue weighted by Gasteiger charge is 2.15. The Kier molecular flexibility index (Phi) is 6.80. The molecule has 0 atom stereocenters. The Morgan fingerprint density at radius 1 is 0.250 bits per heavy atom. The van der Waals surface area contributed by atoms with Crippen molar-refractivity contribution in [2.45, 2.75) is 0 Å². The van der Waals surface area contributed by atoms with Gasteiger partial charge in [0.1, 0.15) is 0 Å². The lowest BCUT2D eigenvalue weighted by Gasteiger charge is -2.12. The number of rotatable bonds is 5. The van der Waals surface area contributed by atoms with Crippen LogP contribution >= 0.6 is 0 Å². The summed E-state index contributed by atoms with van der Waals surface area (Å²) in [7, 11) is 0. The normalized spacial score (nSPS) is 11.3. The van der Waals surface area contributed by atoms with Gasteiger partial charge in [-0.15, -0.1) is 0 Å². The summed E-state index contributed by atoms with van der Waals surface area (Å²) in [5.41, 5.74) is 7.61. The third kappa shape index (κ3) is 5.08. The van der Waals surface area contributed by atoms with Crippen LogP contribution < -0.4 is 0 Å². The van der Waals surface area contributed by atoms with E-state index in [0.717, 1.165) is 33.0 Å². The van der Waals surface area contributed by atoms with E-state index in [4.69, 9.17) is 15.0 Å². The van der Waals surface area contributed by atoms with Gasteiger partial charge in [0.2, 0.25) is 0 Å². The van der Waals surface area contributed by atoms with Crippen molar-refractivity contribution < 1.29 is 0 Å². The van der Waals surface area contributed by atoms with Crippen LogP contribution in [0.15, 0.2) is 176 Å². The average Bonchev–Trinajstić information content (AvgIpc) is 3.17. The fraction of sp³-hybridized carbons (Fsp3) is 0. The third-order valence-corrected chi connectivity index (χ3v) is 9.12. The van der Waals surface area contributed by atoms with Gasteiger partial charge in [-0.05, 0) is 66.7 Å². The van der Waals surface area contributed by atoms with E-state index in [1.807, 2.05) is 30.3 Å². The highest BCUT2D eigenvalue weighted by molar-refractivity contribution is 5.99. The lowest BCUT2D eigenvalue weighted by Crippen LogP contribution is -2.00. The molecule has 0 N–H and O–H groups in total. The van der Waals surface area contributed by atoms with Crippen LogP contribution in [0.5, 0.6) is 0 Å². The molecule has 1 aromatic heterocycles. The van der Waals surface area contributed by atoms with Gasteiger partial charge in [-0.1, -0.05) is 164 Å². The molecule has 0 aliphatic carbocycles. The van der Waals surface area contributed by atoms with Gasteiger partial charge in [-0.2, -0.15) is 0 Å². The molecular formula is C45H29N3. The van der Waals surface area contributed by atoms with Crippen LogP contribution in [0.1, 0.15) is 0 Å². The smallest absolute Gasteiger partial charge is 0.164 e. The van der Waals surface area contributed by atoms with Gasteiger partial charge >= 0.3 is 0 Å². The molecule has 3 nitrogen and oxygen atoms in total. The molecule has 8 aromatic carbocycles. The second-order valence-electron chi connectivity index (χ2n) is 12.1. The number of nitrogens with zero attached hydrogens (tertiary/aromatic N) is 3. The number of hydrogen-bond donors (Lipinski definition) is 0. The number of aromatic nitrogens is 3. The largest absolute Gasteiger partial charge is 0.208 e. The third-order valence-electron chi connectivity index (χ3n) is 9.12. The molecule has 0 fully saturated rings. The molecule has 0 aliphatic rings. The fourth-order valence-electron chi connectivity index (χ4n) is 6.64. The maximum absolute atomic E-state index is 5.09. The Hall–Kier alpha value is -6.45. The number of hydrogen-bond acceptors (Lipinski definition) is 3. The lowest BCUT2D eigenvalue weighted by molar-refractivity contribution is 1.08. The monoisotopic (exact) mass is 611 g/mol. The molecule has 3 heteroatoms. The zero-order valence-corrected chi connectivity index (χ0v) is 26.1. The van der Waals surface area contributed by atoms with Crippen LogP contribution in [0.4, 0.5) is 0 Å². The van der Waals surface area contributed by atoms with E-state index in [1.54, 1.807) is 0 Å². The van der Waals surface area contributed by atoms with Gasteiger partial charge in [0, 0.05) is 16.7 Å². The van der Waals surface area contributed by atoms with Gasteiger partial charge in [-0.25, -0.2) is 15.0 Å². The van der Waals surface area contributed by atoms with Crippen molar-refractivity contribution in [2.24, 2.45) is 0 Å². The van der Waals surface area contributed by atoms with E-state index >= 15 is 0 Å². The molecule has 1 heterocycles. The Labute approximate surface area is 278 Å². The quantitative estimate of drug-likeness (QED) is 0.194. The van der Waals surface area contributed by atoms with Crippen LogP contribution in [-0.2, 0) is 0 Å². The molecule has 0 spiro atoms. The number of benzene rings is 8. The summed E-state index contributed by atoms with van der Waals surface area (Å²) in [5, 5.41) is 7.19. The first kappa shape index (κ1) is 27.8. The first-order chi connectivity index (χ1) is 23.8. The minimum absolute atomic E-state index is 0.646. The summed E-state index contributed by atoms with van der Waals surface area (Å²) in [5.74, 6) is 1.95. The maximum Gasteiger partial charge on any atom is 0.164 e. The zero-order valence-electron chi connectivity index (χ0n) is 26.1. The molecule has 0 aliphatic heterocycles. The molecule has 0 bridgehead atoms. The van der Waals surface area contributed by atoms with Gasteiger partial charge in [0.05, 0.1) is 0 Å². The van der Waals surface area contributed by atoms with Gasteiger partial charge in [0.25, 0.3) is 0 Å². The molecule has 0 unspecified atom stereocenters. The molecule has 0 amide bonds. The number of fused-ring (bicyclic) bond motifs is 3. The van der Waals surface area contributed by atoms with Crippen LogP contribution in [0.2, 0.25) is 0 Å². The van der Waals surface area contributed by atoms with Crippen LogP contribution in [0, 0.1) is 0 Å². The van der Waals surface area contributed by atoms with Crippen LogP contribution in [0.3, 0.4) is 0 Å². The SMILES string of the molecule is c1ccc(-c2nc(-c3ccc(-c4cccc5ccccc45)cc3)nc(-c3cccc4cc(-c5ccc6ccccc6c5)ccc34)n2)cc1. The second-order valence-corrected chi connectivity index (χ2v) is 12.1. The van der Waals surface area contributed by atoms with Crippen molar-refractivity contribution in [3.05, 3.63) is 176 Å². The summed E-state index contributed by atoms with van der Waals surface area (Å²) in [6.07, 6.45) is 0. The van der Waals surface area contributed by atoms with Crippen molar-refractivity contribution in [3.8, 4) is 56.4 Å². The van der Waals surface area contributed by atoms with E-state index < -0.39 is 0 Å². The Morgan fingerprint density at radius 3 is 1.54 bits per heavy atom. The summed E-state index contributed by atoms with van der Waals surface area (Å²) < 4.78 is 0. The topological polar surface area (TPSA) is 38.7 Å². The summed E-state index contributed by atoms with van der Waals surface area (Å²) in [6, 6.07) is 61.8. The van der Waals surface area contributed by atoms with E-state index in [2.05, 4.69) is 146 Å². The molecule has 9 rings (SSSR count). The van der Waals surface area contributed by atoms with Gasteiger partial charge in [-0.3, -0.25) is 0 Å². The Balaban J connectivity index is 1.15. The van der Waals surface area contributed by atoms with E-state index in [1.165, 1.54) is 38.2 Å². The van der Waals surface area contributed by atoms with E-state index in [0.29, 0.717) is 17.5 Å². The molecule has 9 aromatic rings. The molecule has 224 valence electrons. The molecule has 0 saturated carbocycles. The lowest BCUT2D eigenvalue weighted by atomic mass is 9.96. The van der Waals surface area contributed by atoms with Crippen LogP contribution in [0.25, 0.3) is 88.7 Å². The summed E-state index contributed by atoms with van der Waals surface area (Å²) >= 11 is 0. The van der Waals surface area contributed by atoms with Crippen molar-refractivity contribution in [1.82, 2.24) is 15.0 Å². The minimum atomic E-state index is 0.646. The van der Waals surface area contributed by atoms with Gasteiger partial charge < -0.3 is 0 Å². The molecular weight excluding hydrogens is 583 g/mol. The first-order valence-corrected chi connectivity index (χ1v) is 16.2. The predicted molar refractivity (Wildman–Crippen MR) is 200 cm³/mol. The summed E-state index contributed by atoms with van der Waals surface area (Å²) in [4.78, 5) is 15.1. The van der Waals surface area contributed by atoms with E-state index in [9.17, 15) is 0 Å². The molecule has 0 saturated heterocycles. The second kappa shape index (κ2) is 11.7. The summed E-state index contributed by atoms with van der Waals surface area (Å²) in [6.45, 7) is 0. The average molecular weight is 612 g/mol. The Morgan fingerprint density at radius 2 is 0.750 bits per heavy atom. The zero-order chi connectivity index (χ0) is 31.9. The van der Waals surface area contributed by atoms with Crippen molar-refractivity contribution in [1.29, 1.82) is 0 Å². The van der Waals surface area contributed by atoms with E-state index in [-0.39, 0.29) is 0 Å². The first-order valence-electron chi connectivity index (χ1n) is 16.2. The maximum atomic E-state index is 5.09. The fourth-order valence-corrected chi connectivity index (χ4v) is 6.64. The van der Waals surface area contributed by atoms with Crippen molar-refractivity contribution >= 4 is 32.3 Å². The van der Waals surface area contributed by atoms with Crippen LogP contribution in [-0.4, -0.2) is 15.0 Å². The highest BCUT2D eigenvalue weighted by atomic mass is 15.0. The molecule has 0 radical (unpaired) electrons. The molecule has 48 heavy (non-hydrogen) atoms. The Bertz CT molecular complexity index is 2600. The van der Waals surface area contributed by atoms with Crippen molar-refractivity contribution in [2.75, 3.05) is 0 Å². The minimum Gasteiger partial charge on any atom is -0.208 e. The predicted octanol–water partition coefficient (Wildman–Crippen LogP) is 11.7. The van der Waals surface area contributed by atoms with Crippen molar-refractivity contribution in [3.63, 3.8) is 0 Å². The highest BCUT2D eigenvalue weighted by Crippen LogP contribution is 2.34.